The Labute approximate surface area is 178 Å². The van der Waals surface area contributed by atoms with Crippen molar-refractivity contribution in [1.82, 2.24) is 0 Å². The fraction of sp³-hybridized carbons (Fsp3) is 0.125. The Morgan fingerprint density at radius 2 is 1.35 bits per heavy atom. The second-order valence-electron chi connectivity index (χ2n) is 7.38. The van der Waals surface area contributed by atoms with Gasteiger partial charge in [-0.1, -0.05) is 60.7 Å². The first-order valence-corrected chi connectivity index (χ1v) is 9.82. The molecule has 0 spiro atoms. The molecule has 0 unspecified atom stereocenters. The van der Waals surface area contributed by atoms with E-state index in [0.717, 1.165) is 4.90 Å². The largest absolute Gasteiger partial charge is 0.545 e. The molecule has 154 valence electrons. The Bertz CT molecular complexity index is 1160. The van der Waals surface area contributed by atoms with Crippen LogP contribution in [0.5, 0.6) is 0 Å². The van der Waals surface area contributed by atoms with E-state index in [9.17, 15) is 19.5 Å². The Balaban J connectivity index is 1.64. The molecule has 7 nitrogen and oxygen atoms in total. The standard InChI is InChI=1S/C24H18N2O5/c27-22-19-20(17-13-7-8-14-18(17)24(29)30)26(16-11-5-2-6-12-16)31-21(19)23(28)25(22)15-9-3-1-4-10-15/h1-14,19-21H,(H,29,30)/p-1/t19-,20-,21+/m1/s1. The number of aromatic carboxylic acids is 1. The molecule has 2 heterocycles. The number of anilines is 2. The first-order valence-electron chi connectivity index (χ1n) is 9.82. The molecule has 0 aliphatic carbocycles. The van der Waals surface area contributed by atoms with Gasteiger partial charge < -0.3 is 9.90 Å². The molecule has 0 saturated carbocycles. The predicted octanol–water partition coefficient (Wildman–Crippen LogP) is 2.10. The summed E-state index contributed by atoms with van der Waals surface area (Å²) in [5.74, 6) is -3.18. The summed E-state index contributed by atoms with van der Waals surface area (Å²) >= 11 is 0. The number of fused-ring (bicyclic) bond motifs is 1. The number of hydroxylamine groups is 1. The van der Waals surface area contributed by atoms with Gasteiger partial charge in [-0.05, 0) is 29.8 Å². The molecular formula is C24H17N2O5-. The van der Waals surface area contributed by atoms with Crippen molar-refractivity contribution in [2.45, 2.75) is 12.1 Å². The zero-order chi connectivity index (χ0) is 21.5. The van der Waals surface area contributed by atoms with E-state index in [1.807, 2.05) is 6.07 Å². The van der Waals surface area contributed by atoms with Crippen LogP contribution in [-0.4, -0.2) is 23.9 Å². The number of benzene rings is 3. The summed E-state index contributed by atoms with van der Waals surface area (Å²) in [5, 5.41) is 13.3. The maximum atomic E-state index is 13.5. The van der Waals surface area contributed by atoms with Gasteiger partial charge in [-0.25, -0.2) is 9.96 Å². The highest BCUT2D eigenvalue weighted by atomic mass is 16.7. The molecular weight excluding hydrogens is 396 g/mol. The first-order chi connectivity index (χ1) is 15.1. The highest BCUT2D eigenvalue weighted by Gasteiger charge is 2.60. The van der Waals surface area contributed by atoms with Crippen LogP contribution in [0.15, 0.2) is 84.9 Å². The molecule has 0 aromatic heterocycles. The van der Waals surface area contributed by atoms with Gasteiger partial charge in [-0.2, -0.15) is 0 Å². The third kappa shape index (κ3) is 2.98. The van der Waals surface area contributed by atoms with E-state index in [-0.39, 0.29) is 5.56 Å². The molecule has 2 aliphatic heterocycles. The maximum absolute atomic E-state index is 13.5. The molecule has 31 heavy (non-hydrogen) atoms. The van der Waals surface area contributed by atoms with Crippen LogP contribution in [0, 0.1) is 5.92 Å². The zero-order valence-electron chi connectivity index (χ0n) is 16.3. The molecule has 0 N–H and O–H groups in total. The summed E-state index contributed by atoms with van der Waals surface area (Å²) in [6.07, 6.45) is -1.06. The summed E-state index contributed by atoms with van der Waals surface area (Å²) in [6.45, 7) is 0. The fourth-order valence-electron chi connectivity index (χ4n) is 4.30. The number of nitrogens with zero attached hydrogens (tertiary/aromatic N) is 2. The Morgan fingerprint density at radius 3 is 2.00 bits per heavy atom. The van der Waals surface area contributed by atoms with Crippen LogP contribution in [0.4, 0.5) is 11.4 Å². The van der Waals surface area contributed by atoms with Crippen LogP contribution in [0.25, 0.3) is 0 Å². The van der Waals surface area contributed by atoms with Crippen LogP contribution < -0.4 is 15.1 Å². The van der Waals surface area contributed by atoms with Crippen LogP contribution in [0.3, 0.4) is 0 Å². The zero-order valence-corrected chi connectivity index (χ0v) is 16.3. The van der Waals surface area contributed by atoms with E-state index in [0.29, 0.717) is 16.9 Å². The SMILES string of the molecule is O=C([O-])c1ccccc1[C@@H]1[C@H]2C(=O)N(c3ccccc3)C(=O)[C@H]2ON1c1ccccc1. The molecule has 3 aromatic rings. The number of hydrogen-bond acceptors (Lipinski definition) is 6. The number of hydrogen-bond donors (Lipinski definition) is 0. The molecule has 5 rings (SSSR count). The van der Waals surface area contributed by atoms with Crippen LogP contribution in [0.2, 0.25) is 0 Å². The number of carboxylic acid groups (broad SMARTS) is 1. The van der Waals surface area contributed by atoms with Gasteiger partial charge in [0.15, 0.2) is 6.10 Å². The normalized spacial score (nSPS) is 22.6. The van der Waals surface area contributed by atoms with E-state index in [4.69, 9.17) is 4.84 Å². The minimum Gasteiger partial charge on any atom is -0.545 e. The number of imide groups is 1. The minimum absolute atomic E-state index is 0.0453. The third-order valence-corrected chi connectivity index (χ3v) is 5.64. The van der Waals surface area contributed by atoms with E-state index in [1.165, 1.54) is 11.1 Å². The molecule has 2 fully saturated rings. The molecule has 7 heteroatoms. The lowest BCUT2D eigenvalue weighted by molar-refractivity contribution is -0.255. The second kappa shape index (κ2) is 7.37. The highest BCUT2D eigenvalue weighted by Crippen LogP contribution is 2.48. The number of para-hydroxylation sites is 2. The number of carbonyl (C=O) groups excluding carboxylic acids is 3. The Morgan fingerprint density at radius 1 is 0.774 bits per heavy atom. The van der Waals surface area contributed by atoms with E-state index < -0.39 is 35.8 Å². The second-order valence-corrected chi connectivity index (χ2v) is 7.38. The average molecular weight is 413 g/mol. The van der Waals surface area contributed by atoms with Gasteiger partial charge in [0.25, 0.3) is 5.91 Å². The Kier molecular flexibility index (Phi) is 4.52. The quantitative estimate of drug-likeness (QED) is 0.609. The van der Waals surface area contributed by atoms with Crippen LogP contribution >= 0.6 is 0 Å². The summed E-state index contributed by atoms with van der Waals surface area (Å²) in [7, 11) is 0. The molecule has 2 aliphatic rings. The van der Waals surface area contributed by atoms with E-state index in [1.54, 1.807) is 72.8 Å². The average Bonchev–Trinajstić information content (AvgIpc) is 3.31. The number of carbonyl (C=O) groups is 3. The highest BCUT2D eigenvalue weighted by molar-refractivity contribution is 6.24. The molecule has 2 amide bonds. The Hall–Kier alpha value is -3.97. The molecule has 3 atom stereocenters. The third-order valence-electron chi connectivity index (χ3n) is 5.64. The molecule has 2 saturated heterocycles. The molecule has 0 radical (unpaired) electrons. The van der Waals surface area contributed by atoms with Crippen molar-refractivity contribution in [3.63, 3.8) is 0 Å². The molecule has 0 bridgehead atoms. The van der Waals surface area contributed by atoms with Crippen molar-refractivity contribution < 1.29 is 24.3 Å². The van der Waals surface area contributed by atoms with Gasteiger partial charge in [-0.15, -0.1) is 0 Å². The van der Waals surface area contributed by atoms with Gasteiger partial charge in [0.2, 0.25) is 5.91 Å². The van der Waals surface area contributed by atoms with Crippen molar-refractivity contribution in [1.29, 1.82) is 0 Å². The van der Waals surface area contributed by atoms with Gasteiger partial charge >= 0.3 is 0 Å². The van der Waals surface area contributed by atoms with Gasteiger partial charge in [0.1, 0.15) is 5.92 Å². The summed E-state index contributed by atoms with van der Waals surface area (Å²) in [6, 6.07) is 23.1. The number of carboxylic acids is 1. The lowest BCUT2D eigenvalue weighted by Crippen LogP contribution is -2.38. The fourth-order valence-corrected chi connectivity index (χ4v) is 4.30. The van der Waals surface area contributed by atoms with Gasteiger partial charge in [0.05, 0.1) is 23.4 Å². The van der Waals surface area contributed by atoms with Gasteiger partial charge in [0, 0.05) is 5.56 Å². The van der Waals surface area contributed by atoms with Crippen molar-refractivity contribution in [2.75, 3.05) is 9.96 Å². The van der Waals surface area contributed by atoms with E-state index >= 15 is 0 Å². The van der Waals surface area contributed by atoms with Crippen molar-refractivity contribution in [3.8, 4) is 0 Å². The minimum atomic E-state index is -1.36. The lowest BCUT2D eigenvalue weighted by atomic mass is 9.88. The van der Waals surface area contributed by atoms with Gasteiger partial charge in [-0.3, -0.25) is 14.4 Å². The lowest BCUT2D eigenvalue weighted by Gasteiger charge is -2.30. The predicted molar refractivity (Wildman–Crippen MR) is 110 cm³/mol. The maximum Gasteiger partial charge on any atom is 0.266 e. The first kappa shape index (κ1) is 19.0. The number of amides is 2. The van der Waals surface area contributed by atoms with Crippen molar-refractivity contribution in [2.24, 2.45) is 5.92 Å². The number of rotatable bonds is 4. The van der Waals surface area contributed by atoms with Crippen molar-refractivity contribution >= 4 is 29.2 Å². The summed E-state index contributed by atoms with van der Waals surface area (Å²) in [4.78, 5) is 45.6. The smallest absolute Gasteiger partial charge is 0.266 e. The van der Waals surface area contributed by atoms with Crippen LogP contribution in [-0.2, 0) is 14.4 Å². The monoisotopic (exact) mass is 413 g/mol. The van der Waals surface area contributed by atoms with E-state index in [2.05, 4.69) is 0 Å². The van der Waals surface area contributed by atoms with Crippen LogP contribution in [0.1, 0.15) is 22.0 Å². The molecule has 3 aromatic carbocycles. The van der Waals surface area contributed by atoms with Crippen molar-refractivity contribution in [3.05, 3.63) is 96.1 Å². The summed E-state index contributed by atoms with van der Waals surface area (Å²) in [5.41, 5.74) is 1.38. The summed E-state index contributed by atoms with van der Waals surface area (Å²) < 4.78 is 0. The topological polar surface area (TPSA) is 90.0 Å².